The Labute approximate surface area is 133 Å². The molecule has 22 heavy (non-hydrogen) atoms. The van der Waals surface area contributed by atoms with Crippen LogP contribution in [0.4, 0.5) is 4.79 Å². The fourth-order valence-corrected chi connectivity index (χ4v) is 3.29. The molecule has 2 rings (SSSR count). The molecule has 1 fully saturated rings. The molecule has 0 bridgehead atoms. The van der Waals surface area contributed by atoms with Gasteiger partial charge in [0.1, 0.15) is 0 Å². The first-order valence-corrected chi connectivity index (χ1v) is 8.17. The Morgan fingerprint density at radius 2 is 2.09 bits per heavy atom. The standard InChI is InChI=1S/C18H28N2O2/c1-14-7-6-8-16(11-14)18(9-4-5-10-18)13-19-17(22)20(3)15(2)12-21/h6-8,11,15,21H,4-5,9-10,12-13H2,1-3H3,(H,19,22). The quantitative estimate of drug-likeness (QED) is 0.879. The molecule has 1 aromatic carbocycles. The minimum atomic E-state index is -0.168. The Bertz CT molecular complexity index is 510. The highest BCUT2D eigenvalue weighted by Gasteiger charge is 2.36. The van der Waals surface area contributed by atoms with E-state index in [0.717, 1.165) is 12.8 Å². The molecule has 0 radical (unpaired) electrons. The van der Waals surface area contributed by atoms with Gasteiger partial charge in [-0.25, -0.2) is 4.79 Å². The van der Waals surface area contributed by atoms with Gasteiger partial charge in [-0.1, -0.05) is 42.7 Å². The second kappa shape index (κ2) is 7.14. The number of hydrogen-bond acceptors (Lipinski definition) is 2. The van der Waals surface area contributed by atoms with Crippen molar-refractivity contribution in [3.8, 4) is 0 Å². The molecular formula is C18H28N2O2. The number of aryl methyl sites for hydroxylation is 1. The van der Waals surface area contributed by atoms with Crippen LogP contribution >= 0.6 is 0 Å². The van der Waals surface area contributed by atoms with E-state index in [1.807, 2.05) is 6.92 Å². The number of aliphatic hydroxyl groups excluding tert-OH is 1. The van der Waals surface area contributed by atoms with Crippen molar-refractivity contribution in [2.24, 2.45) is 0 Å². The predicted octanol–water partition coefficient (Wildman–Crippen LogP) is 2.83. The number of aliphatic hydroxyl groups is 1. The van der Waals surface area contributed by atoms with Crippen LogP contribution in [0.3, 0.4) is 0 Å². The number of carbonyl (C=O) groups excluding carboxylic acids is 1. The summed E-state index contributed by atoms with van der Waals surface area (Å²) in [6, 6.07) is 8.37. The molecule has 1 atom stereocenters. The Hall–Kier alpha value is -1.55. The van der Waals surface area contributed by atoms with Gasteiger partial charge >= 0.3 is 6.03 Å². The monoisotopic (exact) mass is 304 g/mol. The number of hydrogen-bond donors (Lipinski definition) is 2. The zero-order valence-corrected chi connectivity index (χ0v) is 13.9. The third-order valence-corrected chi connectivity index (χ3v) is 5.01. The molecule has 1 unspecified atom stereocenters. The first kappa shape index (κ1) is 16.8. The molecule has 1 aliphatic rings. The lowest BCUT2D eigenvalue weighted by atomic mass is 9.78. The maximum Gasteiger partial charge on any atom is 0.317 e. The van der Waals surface area contributed by atoms with Gasteiger partial charge in [-0.2, -0.15) is 0 Å². The number of rotatable bonds is 5. The van der Waals surface area contributed by atoms with E-state index in [1.54, 1.807) is 11.9 Å². The third kappa shape index (κ3) is 3.61. The van der Waals surface area contributed by atoms with E-state index in [0.29, 0.717) is 6.54 Å². The molecular weight excluding hydrogens is 276 g/mol. The SMILES string of the molecule is Cc1cccc(C2(CNC(=O)N(C)C(C)CO)CCCC2)c1. The molecule has 122 valence electrons. The van der Waals surface area contributed by atoms with Gasteiger partial charge in [0.15, 0.2) is 0 Å². The topological polar surface area (TPSA) is 52.6 Å². The maximum atomic E-state index is 12.2. The molecule has 0 spiro atoms. The van der Waals surface area contributed by atoms with Gasteiger partial charge in [0, 0.05) is 19.0 Å². The predicted molar refractivity (Wildman–Crippen MR) is 89.0 cm³/mol. The summed E-state index contributed by atoms with van der Waals surface area (Å²) < 4.78 is 0. The number of likely N-dealkylation sites (N-methyl/N-ethyl adjacent to an activating group) is 1. The van der Waals surface area contributed by atoms with Gasteiger partial charge in [-0.3, -0.25) is 0 Å². The van der Waals surface area contributed by atoms with Gasteiger partial charge in [0.25, 0.3) is 0 Å². The van der Waals surface area contributed by atoms with Crippen LogP contribution in [0.2, 0.25) is 0 Å². The molecule has 0 aliphatic heterocycles. The number of benzene rings is 1. The van der Waals surface area contributed by atoms with Crippen molar-refractivity contribution >= 4 is 6.03 Å². The Morgan fingerprint density at radius 1 is 1.41 bits per heavy atom. The highest BCUT2D eigenvalue weighted by atomic mass is 16.3. The van der Waals surface area contributed by atoms with E-state index in [1.165, 1.54) is 24.0 Å². The van der Waals surface area contributed by atoms with E-state index in [-0.39, 0.29) is 24.1 Å². The number of nitrogens with one attached hydrogen (secondary N) is 1. The van der Waals surface area contributed by atoms with Crippen molar-refractivity contribution in [3.05, 3.63) is 35.4 Å². The van der Waals surface area contributed by atoms with E-state index in [9.17, 15) is 9.90 Å². The van der Waals surface area contributed by atoms with Gasteiger partial charge in [0.2, 0.25) is 0 Å². The van der Waals surface area contributed by atoms with Crippen molar-refractivity contribution in [1.29, 1.82) is 0 Å². The highest BCUT2D eigenvalue weighted by Crippen LogP contribution is 2.40. The van der Waals surface area contributed by atoms with E-state index >= 15 is 0 Å². The minimum absolute atomic E-state index is 0.0209. The molecule has 0 heterocycles. The van der Waals surface area contributed by atoms with E-state index < -0.39 is 0 Å². The van der Waals surface area contributed by atoms with Gasteiger partial charge in [-0.05, 0) is 32.3 Å². The van der Waals surface area contributed by atoms with Crippen LogP contribution < -0.4 is 5.32 Å². The first-order chi connectivity index (χ1) is 10.5. The lowest BCUT2D eigenvalue weighted by molar-refractivity contribution is 0.155. The third-order valence-electron chi connectivity index (χ3n) is 5.01. The normalized spacial score (nSPS) is 18.0. The van der Waals surface area contributed by atoms with Crippen molar-refractivity contribution in [2.45, 2.75) is 51.0 Å². The average Bonchev–Trinajstić information content (AvgIpc) is 3.01. The summed E-state index contributed by atoms with van der Waals surface area (Å²) in [5.41, 5.74) is 2.66. The zero-order chi connectivity index (χ0) is 16.2. The summed E-state index contributed by atoms with van der Waals surface area (Å²) in [4.78, 5) is 13.8. The van der Waals surface area contributed by atoms with Crippen LogP contribution in [-0.4, -0.2) is 42.3 Å². The molecule has 4 nitrogen and oxygen atoms in total. The summed E-state index contributed by atoms with van der Waals surface area (Å²) in [7, 11) is 1.73. The van der Waals surface area contributed by atoms with Crippen LogP contribution in [0.1, 0.15) is 43.7 Å². The highest BCUT2D eigenvalue weighted by molar-refractivity contribution is 5.74. The molecule has 1 aliphatic carbocycles. The molecule has 2 N–H and O–H groups in total. The lowest BCUT2D eigenvalue weighted by Gasteiger charge is -2.32. The fourth-order valence-electron chi connectivity index (χ4n) is 3.29. The Kier molecular flexibility index (Phi) is 5.46. The number of nitrogens with zero attached hydrogens (tertiary/aromatic N) is 1. The molecule has 0 aromatic heterocycles. The maximum absolute atomic E-state index is 12.2. The van der Waals surface area contributed by atoms with Gasteiger partial charge < -0.3 is 15.3 Å². The number of amides is 2. The Balaban J connectivity index is 2.08. The Morgan fingerprint density at radius 3 is 2.68 bits per heavy atom. The van der Waals surface area contributed by atoms with Crippen LogP contribution in [0.5, 0.6) is 0 Å². The van der Waals surface area contributed by atoms with Gasteiger partial charge in [-0.15, -0.1) is 0 Å². The summed E-state index contributed by atoms with van der Waals surface area (Å²) in [5, 5.41) is 12.2. The molecule has 2 amide bonds. The van der Waals surface area contributed by atoms with E-state index in [2.05, 4.69) is 36.5 Å². The van der Waals surface area contributed by atoms with Crippen molar-refractivity contribution in [2.75, 3.05) is 20.2 Å². The average molecular weight is 304 g/mol. The number of urea groups is 1. The summed E-state index contributed by atoms with van der Waals surface area (Å²) in [5.74, 6) is 0. The van der Waals surface area contributed by atoms with Crippen LogP contribution in [0, 0.1) is 6.92 Å². The van der Waals surface area contributed by atoms with Crippen LogP contribution in [0.25, 0.3) is 0 Å². The van der Waals surface area contributed by atoms with E-state index in [4.69, 9.17) is 0 Å². The second-order valence-electron chi connectivity index (χ2n) is 6.66. The molecule has 1 saturated carbocycles. The minimum Gasteiger partial charge on any atom is -0.394 e. The zero-order valence-electron chi connectivity index (χ0n) is 13.9. The van der Waals surface area contributed by atoms with Crippen LogP contribution in [-0.2, 0) is 5.41 Å². The van der Waals surface area contributed by atoms with Gasteiger partial charge in [0.05, 0.1) is 12.6 Å². The molecule has 0 saturated heterocycles. The second-order valence-corrected chi connectivity index (χ2v) is 6.66. The number of carbonyl (C=O) groups is 1. The van der Waals surface area contributed by atoms with Crippen molar-refractivity contribution < 1.29 is 9.90 Å². The fraction of sp³-hybridized carbons (Fsp3) is 0.611. The summed E-state index contributed by atoms with van der Waals surface area (Å²) in [6.07, 6.45) is 4.67. The molecule has 4 heteroatoms. The summed E-state index contributed by atoms with van der Waals surface area (Å²) in [6.45, 7) is 4.59. The smallest absolute Gasteiger partial charge is 0.317 e. The first-order valence-electron chi connectivity index (χ1n) is 8.17. The summed E-state index contributed by atoms with van der Waals surface area (Å²) >= 11 is 0. The van der Waals surface area contributed by atoms with Crippen LogP contribution in [0.15, 0.2) is 24.3 Å². The lowest BCUT2D eigenvalue weighted by Crippen LogP contribution is -2.48. The molecule has 1 aromatic rings. The van der Waals surface area contributed by atoms with Crippen molar-refractivity contribution in [3.63, 3.8) is 0 Å². The largest absolute Gasteiger partial charge is 0.394 e. The van der Waals surface area contributed by atoms with Crippen molar-refractivity contribution in [1.82, 2.24) is 10.2 Å².